The fourth-order valence-corrected chi connectivity index (χ4v) is 3.05. The minimum atomic E-state index is -4.82. The molecular formula is C22H13F3O3. The van der Waals surface area contributed by atoms with E-state index in [4.69, 9.17) is 4.42 Å². The number of rotatable bonds is 3. The van der Waals surface area contributed by atoms with E-state index >= 15 is 0 Å². The Kier molecular flexibility index (Phi) is 4.39. The highest BCUT2D eigenvalue weighted by molar-refractivity contribution is 5.89. The molecule has 3 nitrogen and oxygen atoms in total. The molecule has 0 N–H and O–H groups in total. The van der Waals surface area contributed by atoms with Crippen molar-refractivity contribution in [2.45, 2.75) is 6.36 Å². The van der Waals surface area contributed by atoms with Crippen molar-refractivity contribution in [1.29, 1.82) is 0 Å². The van der Waals surface area contributed by atoms with Crippen LogP contribution in [0, 0.1) is 0 Å². The Balaban J connectivity index is 1.99. The van der Waals surface area contributed by atoms with Crippen molar-refractivity contribution < 1.29 is 22.3 Å². The summed E-state index contributed by atoms with van der Waals surface area (Å²) >= 11 is 0. The Labute approximate surface area is 157 Å². The highest BCUT2D eigenvalue weighted by Gasteiger charge is 2.31. The Bertz CT molecular complexity index is 1200. The van der Waals surface area contributed by atoms with E-state index in [-0.39, 0.29) is 22.3 Å². The summed E-state index contributed by atoms with van der Waals surface area (Å²) in [6.07, 6.45) is -4.82. The molecule has 0 spiro atoms. The van der Waals surface area contributed by atoms with Gasteiger partial charge in [-0.05, 0) is 29.8 Å². The Morgan fingerprint density at radius 3 is 2.21 bits per heavy atom. The number of hydrogen-bond acceptors (Lipinski definition) is 3. The maximum Gasteiger partial charge on any atom is 0.573 e. The molecule has 0 unspecified atom stereocenters. The molecule has 4 aromatic rings. The SMILES string of the molecule is O=c1c(-c2cccc(OC(F)(F)F)c2)c(-c2ccccc2)oc2ccccc12. The predicted octanol–water partition coefficient (Wildman–Crippen LogP) is 6.03. The molecule has 0 bridgehead atoms. The van der Waals surface area contributed by atoms with E-state index in [1.807, 2.05) is 6.07 Å². The van der Waals surface area contributed by atoms with Crippen molar-refractivity contribution in [2.75, 3.05) is 0 Å². The van der Waals surface area contributed by atoms with E-state index in [1.54, 1.807) is 54.6 Å². The van der Waals surface area contributed by atoms with Gasteiger partial charge in [-0.1, -0.05) is 54.6 Å². The van der Waals surface area contributed by atoms with Gasteiger partial charge < -0.3 is 9.15 Å². The second-order valence-electron chi connectivity index (χ2n) is 6.07. The molecule has 28 heavy (non-hydrogen) atoms. The van der Waals surface area contributed by atoms with Gasteiger partial charge in [0.15, 0.2) is 0 Å². The van der Waals surface area contributed by atoms with Gasteiger partial charge in [0.1, 0.15) is 17.1 Å². The normalized spacial score (nSPS) is 11.5. The average Bonchev–Trinajstić information content (AvgIpc) is 2.67. The smallest absolute Gasteiger partial charge is 0.455 e. The number of ether oxygens (including phenoxy) is 1. The monoisotopic (exact) mass is 382 g/mol. The van der Waals surface area contributed by atoms with Crippen LogP contribution in [0.2, 0.25) is 0 Å². The van der Waals surface area contributed by atoms with Gasteiger partial charge in [-0.3, -0.25) is 4.79 Å². The van der Waals surface area contributed by atoms with Crippen molar-refractivity contribution in [3.8, 4) is 28.2 Å². The predicted molar refractivity (Wildman–Crippen MR) is 100 cm³/mol. The molecule has 0 saturated carbocycles. The summed E-state index contributed by atoms with van der Waals surface area (Å²) < 4.78 is 47.8. The zero-order valence-electron chi connectivity index (χ0n) is 14.4. The topological polar surface area (TPSA) is 39.4 Å². The van der Waals surface area contributed by atoms with E-state index in [0.717, 1.165) is 0 Å². The van der Waals surface area contributed by atoms with E-state index in [0.29, 0.717) is 16.5 Å². The molecule has 0 amide bonds. The van der Waals surface area contributed by atoms with E-state index in [1.165, 1.54) is 18.2 Å². The van der Waals surface area contributed by atoms with Crippen molar-refractivity contribution in [1.82, 2.24) is 0 Å². The number of hydrogen-bond donors (Lipinski definition) is 0. The molecule has 0 aliphatic rings. The minimum Gasteiger partial charge on any atom is -0.455 e. The quantitative estimate of drug-likeness (QED) is 0.435. The molecule has 140 valence electrons. The van der Waals surface area contributed by atoms with Crippen molar-refractivity contribution in [3.63, 3.8) is 0 Å². The molecule has 0 atom stereocenters. The largest absolute Gasteiger partial charge is 0.573 e. The number of halogens is 3. The van der Waals surface area contributed by atoms with Crippen molar-refractivity contribution in [3.05, 3.63) is 89.1 Å². The van der Waals surface area contributed by atoms with Gasteiger partial charge >= 0.3 is 6.36 Å². The lowest BCUT2D eigenvalue weighted by Gasteiger charge is -2.13. The third-order valence-electron chi connectivity index (χ3n) is 4.19. The Hall–Kier alpha value is -3.54. The third kappa shape index (κ3) is 3.49. The summed E-state index contributed by atoms with van der Waals surface area (Å²) in [4.78, 5) is 13.2. The number of alkyl halides is 3. The van der Waals surface area contributed by atoms with E-state index in [2.05, 4.69) is 4.74 Å². The molecule has 3 aromatic carbocycles. The maximum atomic E-state index is 13.2. The van der Waals surface area contributed by atoms with Crippen molar-refractivity contribution in [2.24, 2.45) is 0 Å². The summed E-state index contributed by atoms with van der Waals surface area (Å²) in [5.41, 5.74) is 1.17. The zero-order chi connectivity index (χ0) is 19.7. The van der Waals surface area contributed by atoms with Crippen molar-refractivity contribution >= 4 is 11.0 Å². The van der Waals surface area contributed by atoms with Gasteiger partial charge in [0.05, 0.1) is 10.9 Å². The third-order valence-corrected chi connectivity index (χ3v) is 4.19. The second-order valence-corrected chi connectivity index (χ2v) is 6.07. The first kappa shape index (κ1) is 17.9. The maximum absolute atomic E-state index is 13.2. The molecule has 6 heteroatoms. The van der Waals surface area contributed by atoms with Crippen LogP contribution in [0.1, 0.15) is 0 Å². The highest BCUT2D eigenvalue weighted by atomic mass is 19.4. The lowest BCUT2D eigenvalue weighted by Crippen LogP contribution is -2.17. The molecule has 0 aliphatic carbocycles. The van der Waals surface area contributed by atoms with Crippen LogP contribution in [0.3, 0.4) is 0 Å². The summed E-state index contributed by atoms with van der Waals surface area (Å²) in [6, 6.07) is 21.0. The molecule has 0 aliphatic heterocycles. The number of benzene rings is 3. The molecule has 0 radical (unpaired) electrons. The Morgan fingerprint density at radius 2 is 1.46 bits per heavy atom. The van der Waals surface area contributed by atoms with Crippen LogP contribution >= 0.6 is 0 Å². The van der Waals surface area contributed by atoms with Gasteiger partial charge in [-0.2, -0.15) is 0 Å². The fourth-order valence-electron chi connectivity index (χ4n) is 3.05. The summed E-state index contributed by atoms with van der Waals surface area (Å²) in [5, 5.41) is 0.347. The molecular weight excluding hydrogens is 369 g/mol. The van der Waals surface area contributed by atoms with Gasteiger partial charge in [0, 0.05) is 5.56 Å². The first-order chi connectivity index (χ1) is 13.4. The highest BCUT2D eigenvalue weighted by Crippen LogP contribution is 2.34. The zero-order valence-corrected chi connectivity index (χ0v) is 14.4. The summed E-state index contributed by atoms with van der Waals surface area (Å²) in [5.74, 6) is -0.120. The first-order valence-electron chi connectivity index (χ1n) is 8.40. The van der Waals surface area contributed by atoms with Gasteiger partial charge in [-0.15, -0.1) is 13.2 Å². The molecule has 0 saturated heterocycles. The number of para-hydroxylation sites is 1. The molecule has 0 fully saturated rings. The van der Waals surface area contributed by atoms with Crippen LogP contribution in [-0.2, 0) is 0 Å². The standard InChI is InChI=1S/C22H13F3O3/c23-22(24,25)28-16-10-6-9-15(13-16)19-20(26)17-11-4-5-12-18(17)27-21(19)14-7-2-1-3-8-14/h1-13H. The Morgan fingerprint density at radius 1 is 0.786 bits per heavy atom. The second kappa shape index (κ2) is 6.88. The molecule has 1 heterocycles. The summed E-state index contributed by atoms with van der Waals surface area (Å²) in [7, 11) is 0. The molecule has 4 rings (SSSR count). The van der Waals surface area contributed by atoms with E-state index < -0.39 is 12.1 Å². The van der Waals surface area contributed by atoms with Gasteiger partial charge in [0.25, 0.3) is 0 Å². The van der Waals surface area contributed by atoms with Crippen LogP contribution in [0.4, 0.5) is 13.2 Å². The fraction of sp³-hybridized carbons (Fsp3) is 0.0455. The van der Waals surface area contributed by atoms with Crippen LogP contribution in [0.15, 0.2) is 88.1 Å². The minimum absolute atomic E-state index is 0.178. The van der Waals surface area contributed by atoms with Gasteiger partial charge in [-0.25, -0.2) is 0 Å². The lowest BCUT2D eigenvalue weighted by molar-refractivity contribution is -0.274. The van der Waals surface area contributed by atoms with Crippen LogP contribution < -0.4 is 10.2 Å². The number of fused-ring (bicyclic) bond motifs is 1. The lowest BCUT2D eigenvalue weighted by atomic mass is 9.98. The average molecular weight is 382 g/mol. The van der Waals surface area contributed by atoms with Crippen LogP contribution in [0.25, 0.3) is 33.4 Å². The van der Waals surface area contributed by atoms with Gasteiger partial charge in [0.2, 0.25) is 5.43 Å². The van der Waals surface area contributed by atoms with E-state index in [9.17, 15) is 18.0 Å². The molecule has 1 aromatic heterocycles. The summed E-state index contributed by atoms with van der Waals surface area (Å²) in [6.45, 7) is 0. The van der Waals surface area contributed by atoms with Crippen LogP contribution in [-0.4, -0.2) is 6.36 Å². The van der Waals surface area contributed by atoms with Crippen LogP contribution in [0.5, 0.6) is 5.75 Å². The first-order valence-corrected chi connectivity index (χ1v) is 8.40.